The van der Waals surface area contributed by atoms with Gasteiger partial charge in [0.25, 0.3) is 0 Å². The van der Waals surface area contributed by atoms with Gasteiger partial charge >= 0.3 is 0 Å². The Hall–Kier alpha value is -1.30. The Morgan fingerprint density at radius 3 is 2.56 bits per heavy atom. The predicted molar refractivity (Wildman–Crippen MR) is 59.0 cm³/mol. The summed E-state index contributed by atoms with van der Waals surface area (Å²) in [4.78, 5) is 13.5. The molecule has 0 aromatic heterocycles. The molecule has 0 saturated heterocycles. The maximum Gasteiger partial charge on any atom is 0.236 e. The minimum atomic E-state index is -0.789. The molecule has 0 aromatic rings. The van der Waals surface area contributed by atoms with Crippen LogP contribution in [-0.4, -0.2) is 46.7 Å². The summed E-state index contributed by atoms with van der Waals surface area (Å²) in [5.41, 5.74) is 4.72. The van der Waals surface area contributed by atoms with Crippen molar-refractivity contribution < 1.29 is 15.1 Å². The van der Waals surface area contributed by atoms with Crippen molar-refractivity contribution in [3.8, 4) is 0 Å². The molecule has 16 heavy (non-hydrogen) atoms. The Balaban J connectivity index is 2.58. The highest BCUT2D eigenvalue weighted by atomic mass is 16.4. The first-order valence-electron chi connectivity index (χ1n) is 5.35. The topological polar surface area (TPSA) is 99.2 Å². The highest BCUT2D eigenvalue weighted by molar-refractivity contribution is 6.09. The molecule has 4 N–H and O–H groups in total. The normalized spacial score (nSPS) is 20.3. The van der Waals surface area contributed by atoms with Gasteiger partial charge in [0.1, 0.15) is 5.41 Å². The van der Waals surface area contributed by atoms with Gasteiger partial charge in [0, 0.05) is 13.6 Å². The number of carbonyl (C=O) groups is 1. The number of aliphatic hydroxyl groups excluding tert-OH is 1. The Kier molecular flexibility index (Phi) is 3.74. The number of nitrogens with two attached hydrogens (primary N) is 1. The lowest BCUT2D eigenvalue weighted by molar-refractivity contribution is -0.133. The molecule has 0 aliphatic heterocycles. The van der Waals surface area contributed by atoms with Gasteiger partial charge in [-0.3, -0.25) is 4.79 Å². The summed E-state index contributed by atoms with van der Waals surface area (Å²) in [6.45, 7) is 2.14. The van der Waals surface area contributed by atoms with E-state index >= 15 is 0 Å². The van der Waals surface area contributed by atoms with Crippen molar-refractivity contribution in [1.29, 1.82) is 0 Å². The van der Waals surface area contributed by atoms with Crippen LogP contribution in [0.3, 0.4) is 0 Å². The van der Waals surface area contributed by atoms with Crippen LogP contribution in [0, 0.1) is 5.41 Å². The summed E-state index contributed by atoms with van der Waals surface area (Å²) in [5.74, 6) is -0.148. The molecule has 0 bridgehead atoms. The maximum absolute atomic E-state index is 12.0. The van der Waals surface area contributed by atoms with Crippen LogP contribution < -0.4 is 5.73 Å². The van der Waals surface area contributed by atoms with E-state index in [0.29, 0.717) is 25.8 Å². The highest BCUT2D eigenvalue weighted by Gasteiger charge is 2.55. The zero-order chi connectivity index (χ0) is 12.3. The second-order valence-corrected chi connectivity index (χ2v) is 4.43. The van der Waals surface area contributed by atoms with Crippen molar-refractivity contribution in [3.05, 3.63) is 0 Å². The molecule has 1 unspecified atom stereocenters. The zero-order valence-electron chi connectivity index (χ0n) is 9.68. The van der Waals surface area contributed by atoms with E-state index in [1.54, 1.807) is 14.0 Å². The van der Waals surface area contributed by atoms with Gasteiger partial charge in [0.15, 0.2) is 5.84 Å². The molecule has 1 aliphatic rings. The van der Waals surface area contributed by atoms with E-state index in [1.165, 1.54) is 4.90 Å². The first-order valence-corrected chi connectivity index (χ1v) is 5.35. The molecule has 1 amide bonds. The number of hydrogen-bond acceptors (Lipinski definition) is 4. The molecule has 0 heterocycles. The average Bonchev–Trinajstić information content (AvgIpc) is 3.04. The summed E-state index contributed by atoms with van der Waals surface area (Å²) >= 11 is 0. The first kappa shape index (κ1) is 12.8. The number of amides is 1. The van der Waals surface area contributed by atoms with Crippen LogP contribution in [0.2, 0.25) is 0 Å². The molecule has 6 nitrogen and oxygen atoms in total. The summed E-state index contributed by atoms with van der Waals surface area (Å²) in [7, 11) is 1.66. The van der Waals surface area contributed by atoms with E-state index in [-0.39, 0.29) is 11.7 Å². The van der Waals surface area contributed by atoms with Crippen molar-refractivity contribution in [2.24, 2.45) is 16.3 Å². The second kappa shape index (κ2) is 4.69. The molecule has 0 aromatic carbocycles. The molecular formula is C10H19N3O3. The molecule has 0 radical (unpaired) electrons. The maximum atomic E-state index is 12.0. The summed E-state index contributed by atoms with van der Waals surface area (Å²) in [6.07, 6.45) is 1.34. The molecule has 0 spiro atoms. The Bertz CT molecular complexity index is 298. The third-order valence-corrected chi connectivity index (χ3v) is 2.99. The van der Waals surface area contributed by atoms with E-state index < -0.39 is 11.5 Å². The largest absolute Gasteiger partial charge is 0.409 e. The van der Waals surface area contributed by atoms with Crippen LogP contribution in [0.25, 0.3) is 0 Å². The lowest BCUT2D eigenvalue weighted by Gasteiger charge is -2.23. The lowest BCUT2D eigenvalue weighted by atomic mass is 10.0. The van der Waals surface area contributed by atoms with Gasteiger partial charge in [0.05, 0.1) is 6.10 Å². The van der Waals surface area contributed by atoms with Crippen LogP contribution in [0.15, 0.2) is 5.16 Å². The van der Waals surface area contributed by atoms with E-state index in [4.69, 9.17) is 16.0 Å². The number of aliphatic hydroxyl groups is 1. The number of oxime groups is 1. The summed E-state index contributed by atoms with van der Waals surface area (Å²) in [6, 6.07) is 0. The Morgan fingerprint density at radius 1 is 1.62 bits per heavy atom. The number of carbonyl (C=O) groups excluding carboxylic acids is 1. The Labute approximate surface area is 94.7 Å². The quantitative estimate of drug-likeness (QED) is 0.262. The average molecular weight is 229 g/mol. The SMILES string of the molecule is CC(O)CCN(C)C(=O)C1(C(N)=NO)CC1. The second-order valence-electron chi connectivity index (χ2n) is 4.43. The Morgan fingerprint density at radius 2 is 2.19 bits per heavy atom. The summed E-state index contributed by atoms with van der Waals surface area (Å²) < 4.78 is 0. The monoisotopic (exact) mass is 229 g/mol. The van der Waals surface area contributed by atoms with Gasteiger partial charge in [0.2, 0.25) is 5.91 Å². The van der Waals surface area contributed by atoms with E-state index in [1.807, 2.05) is 0 Å². The van der Waals surface area contributed by atoms with Gasteiger partial charge < -0.3 is 20.9 Å². The smallest absolute Gasteiger partial charge is 0.236 e. The van der Waals surface area contributed by atoms with Crippen LogP contribution in [0.4, 0.5) is 0 Å². The third-order valence-electron chi connectivity index (χ3n) is 2.99. The number of rotatable bonds is 5. The van der Waals surface area contributed by atoms with Crippen molar-refractivity contribution >= 4 is 11.7 Å². The van der Waals surface area contributed by atoms with Crippen molar-refractivity contribution in [3.63, 3.8) is 0 Å². The van der Waals surface area contributed by atoms with Crippen LogP contribution in [0.5, 0.6) is 0 Å². The lowest BCUT2D eigenvalue weighted by Crippen LogP contribution is -2.42. The molecule has 1 atom stereocenters. The number of amidine groups is 1. The van der Waals surface area contributed by atoms with Crippen LogP contribution >= 0.6 is 0 Å². The minimum Gasteiger partial charge on any atom is -0.409 e. The molecule has 1 aliphatic carbocycles. The number of hydrogen-bond donors (Lipinski definition) is 3. The molecule has 1 saturated carbocycles. The van der Waals surface area contributed by atoms with Crippen molar-refractivity contribution in [2.45, 2.75) is 32.3 Å². The highest BCUT2D eigenvalue weighted by Crippen LogP contribution is 2.47. The standard InChI is InChI=1S/C10H19N3O3/c1-7(14)3-6-13(2)9(15)10(4-5-10)8(11)12-16/h7,14,16H,3-6H2,1-2H3,(H2,11,12). The molecule has 1 rings (SSSR count). The molecule has 6 heteroatoms. The minimum absolute atomic E-state index is 0.0126. The van der Waals surface area contributed by atoms with Gasteiger partial charge in [-0.25, -0.2) is 0 Å². The fourth-order valence-corrected chi connectivity index (χ4v) is 1.65. The van der Waals surface area contributed by atoms with E-state index in [2.05, 4.69) is 5.16 Å². The van der Waals surface area contributed by atoms with Gasteiger partial charge in [-0.2, -0.15) is 0 Å². The van der Waals surface area contributed by atoms with E-state index in [9.17, 15) is 4.79 Å². The van der Waals surface area contributed by atoms with Crippen molar-refractivity contribution in [2.75, 3.05) is 13.6 Å². The van der Waals surface area contributed by atoms with Crippen LogP contribution in [-0.2, 0) is 4.79 Å². The molecule has 1 fully saturated rings. The first-order chi connectivity index (χ1) is 7.44. The fraction of sp³-hybridized carbons (Fsp3) is 0.800. The summed E-state index contributed by atoms with van der Waals surface area (Å²) in [5, 5.41) is 20.7. The van der Waals surface area contributed by atoms with Gasteiger partial charge in [-0.15, -0.1) is 0 Å². The van der Waals surface area contributed by atoms with Gasteiger partial charge in [-0.05, 0) is 26.2 Å². The molecule has 92 valence electrons. The van der Waals surface area contributed by atoms with E-state index in [0.717, 1.165) is 0 Å². The molecular weight excluding hydrogens is 210 g/mol. The van der Waals surface area contributed by atoms with Crippen LogP contribution in [0.1, 0.15) is 26.2 Å². The third kappa shape index (κ3) is 2.44. The zero-order valence-corrected chi connectivity index (χ0v) is 9.68. The van der Waals surface area contributed by atoms with Crippen molar-refractivity contribution in [1.82, 2.24) is 4.90 Å². The van der Waals surface area contributed by atoms with Gasteiger partial charge in [-0.1, -0.05) is 5.16 Å². The fourth-order valence-electron chi connectivity index (χ4n) is 1.65. The predicted octanol–water partition coefficient (Wildman–Crippen LogP) is -0.258. The number of nitrogens with zero attached hydrogens (tertiary/aromatic N) is 2.